The van der Waals surface area contributed by atoms with Crippen molar-refractivity contribution in [3.63, 3.8) is 0 Å². The number of aromatic nitrogens is 1. The highest BCUT2D eigenvalue weighted by molar-refractivity contribution is 5.82. The molecule has 1 heterocycles. The molecule has 0 saturated carbocycles. The Morgan fingerprint density at radius 2 is 1.73 bits per heavy atom. The summed E-state index contributed by atoms with van der Waals surface area (Å²) in [4.78, 5) is 4.64. The summed E-state index contributed by atoms with van der Waals surface area (Å²) < 4.78 is 0. The zero-order chi connectivity index (χ0) is 11.1. The van der Waals surface area contributed by atoms with Gasteiger partial charge in [0.1, 0.15) is 0 Å². The van der Waals surface area contributed by atoms with Crippen LogP contribution in [0.25, 0.3) is 10.9 Å². The van der Waals surface area contributed by atoms with Crippen LogP contribution in [0, 0.1) is 6.92 Å². The molecule has 1 heteroatoms. The number of aryl methyl sites for hydroxylation is 1. The SMILES string of the molecule is Cc1ccc2cccc(C(C)(C)C)c2n1. The molecule has 2 rings (SSSR count). The summed E-state index contributed by atoms with van der Waals surface area (Å²) in [5.41, 5.74) is 3.70. The van der Waals surface area contributed by atoms with Crippen LogP contribution >= 0.6 is 0 Å². The van der Waals surface area contributed by atoms with Crippen LogP contribution in [0.1, 0.15) is 32.0 Å². The second-order valence-electron chi connectivity index (χ2n) is 5.08. The molecule has 0 fully saturated rings. The highest BCUT2D eigenvalue weighted by atomic mass is 14.7. The van der Waals surface area contributed by atoms with E-state index in [1.54, 1.807) is 0 Å². The minimum absolute atomic E-state index is 0.153. The Balaban J connectivity index is 2.80. The van der Waals surface area contributed by atoms with Crippen LogP contribution in [0.3, 0.4) is 0 Å². The fourth-order valence-electron chi connectivity index (χ4n) is 1.85. The number of para-hydroxylation sites is 1. The van der Waals surface area contributed by atoms with Gasteiger partial charge in [0.05, 0.1) is 5.52 Å². The Hall–Kier alpha value is -1.37. The first kappa shape index (κ1) is 10.2. The molecule has 0 radical (unpaired) electrons. The van der Waals surface area contributed by atoms with Gasteiger partial charge in [-0.1, -0.05) is 45.0 Å². The van der Waals surface area contributed by atoms with E-state index in [1.807, 2.05) is 6.92 Å². The van der Waals surface area contributed by atoms with Gasteiger partial charge >= 0.3 is 0 Å². The van der Waals surface area contributed by atoms with Crippen molar-refractivity contribution in [2.45, 2.75) is 33.1 Å². The summed E-state index contributed by atoms with van der Waals surface area (Å²) >= 11 is 0. The molecule has 0 spiro atoms. The fraction of sp³-hybridized carbons (Fsp3) is 0.357. The standard InChI is InChI=1S/C14H17N/c1-10-8-9-11-6-5-7-12(13(11)15-10)14(2,3)4/h5-9H,1-4H3. The Labute approximate surface area is 91.2 Å². The van der Waals surface area contributed by atoms with Crippen LogP contribution in [0.2, 0.25) is 0 Å². The third kappa shape index (κ3) is 1.87. The van der Waals surface area contributed by atoms with Crippen LogP contribution in [-0.2, 0) is 5.41 Å². The average molecular weight is 199 g/mol. The lowest BCUT2D eigenvalue weighted by atomic mass is 9.85. The zero-order valence-corrected chi connectivity index (χ0v) is 9.83. The number of fused-ring (bicyclic) bond motifs is 1. The van der Waals surface area contributed by atoms with Crippen molar-refractivity contribution in [2.75, 3.05) is 0 Å². The molecule has 0 amide bonds. The van der Waals surface area contributed by atoms with E-state index >= 15 is 0 Å². The third-order valence-electron chi connectivity index (χ3n) is 2.67. The predicted molar refractivity (Wildman–Crippen MR) is 65.2 cm³/mol. The second-order valence-corrected chi connectivity index (χ2v) is 5.08. The maximum Gasteiger partial charge on any atom is 0.0742 e. The molecule has 0 unspecified atom stereocenters. The van der Waals surface area contributed by atoms with Gasteiger partial charge in [-0.05, 0) is 24.0 Å². The van der Waals surface area contributed by atoms with Gasteiger partial charge in [-0.2, -0.15) is 0 Å². The monoisotopic (exact) mass is 199 g/mol. The van der Waals surface area contributed by atoms with Gasteiger partial charge in [0, 0.05) is 11.1 Å². The number of benzene rings is 1. The first-order chi connectivity index (χ1) is 6.98. The topological polar surface area (TPSA) is 12.9 Å². The molecule has 1 aromatic carbocycles. The van der Waals surface area contributed by atoms with Gasteiger partial charge in [-0.25, -0.2) is 0 Å². The van der Waals surface area contributed by atoms with Crippen molar-refractivity contribution in [3.05, 3.63) is 41.6 Å². The van der Waals surface area contributed by atoms with Gasteiger partial charge in [-0.3, -0.25) is 4.98 Å². The molecule has 0 aliphatic heterocycles. The summed E-state index contributed by atoms with van der Waals surface area (Å²) in [6.07, 6.45) is 0. The maximum atomic E-state index is 4.64. The second kappa shape index (κ2) is 3.34. The van der Waals surface area contributed by atoms with Crippen LogP contribution in [0.5, 0.6) is 0 Å². The van der Waals surface area contributed by atoms with Gasteiger partial charge in [0.25, 0.3) is 0 Å². The molecule has 0 aliphatic carbocycles. The molecule has 1 aromatic heterocycles. The smallest absolute Gasteiger partial charge is 0.0742 e. The molecule has 0 N–H and O–H groups in total. The maximum absolute atomic E-state index is 4.64. The van der Waals surface area contributed by atoms with E-state index in [2.05, 4.69) is 56.1 Å². The molecule has 1 nitrogen and oxygen atoms in total. The van der Waals surface area contributed by atoms with Crippen molar-refractivity contribution in [1.82, 2.24) is 4.98 Å². The minimum Gasteiger partial charge on any atom is -0.253 e. The van der Waals surface area contributed by atoms with E-state index in [9.17, 15) is 0 Å². The molecular formula is C14H17N. The van der Waals surface area contributed by atoms with Crippen molar-refractivity contribution in [1.29, 1.82) is 0 Å². The summed E-state index contributed by atoms with van der Waals surface area (Å²) in [5, 5.41) is 1.23. The number of nitrogens with zero attached hydrogens (tertiary/aromatic N) is 1. The predicted octanol–water partition coefficient (Wildman–Crippen LogP) is 3.84. The first-order valence-electron chi connectivity index (χ1n) is 5.35. The van der Waals surface area contributed by atoms with E-state index in [-0.39, 0.29) is 5.41 Å². The number of hydrogen-bond donors (Lipinski definition) is 0. The molecule has 0 bridgehead atoms. The molecule has 78 valence electrons. The summed E-state index contributed by atoms with van der Waals surface area (Å²) in [7, 11) is 0. The van der Waals surface area contributed by atoms with Crippen LogP contribution < -0.4 is 0 Å². The fourth-order valence-corrected chi connectivity index (χ4v) is 1.85. The van der Waals surface area contributed by atoms with Crippen molar-refractivity contribution in [3.8, 4) is 0 Å². The lowest BCUT2D eigenvalue weighted by Crippen LogP contribution is -2.12. The molecular weight excluding hydrogens is 182 g/mol. The first-order valence-corrected chi connectivity index (χ1v) is 5.35. The quantitative estimate of drug-likeness (QED) is 0.628. The molecule has 2 aromatic rings. The van der Waals surface area contributed by atoms with E-state index in [4.69, 9.17) is 0 Å². The van der Waals surface area contributed by atoms with Gasteiger partial charge in [0.2, 0.25) is 0 Å². The van der Waals surface area contributed by atoms with Gasteiger partial charge in [-0.15, -0.1) is 0 Å². The largest absolute Gasteiger partial charge is 0.253 e. The summed E-state index contributed by atoms with van der Waals surface area (Å²) in [5.74, 6) is 0. The lowest BCUT2D eigenvalue weighted by Gasteiger charge is -2.20. The van der Waals surface area contributed by atoms with Crippen molar-refractivity contribution < 1.29 is 0 Å². The Morgan fingerprint density at radius 1 is 1.00 bits per heavy atom. The Morgan fingerprint density at radius 3 is 2.40 bits per heavy atom. The molecule has 0 atom stereocenters. The number of hydrogen-bond acceptors (Lipinski definition) is 1. The molecule has 0 aliphatic rings. The highest BCUT2D eigenvalue weighted by Gasteiger charge is 2.17. The number of rotatable bonds is 0. The minimum atomic E-state index is 0.153. The van der Waals surface area contributed by atoms with Gasteiger partial charge in [0.15, 0.2) is 0 Å². The van der Waals surface area contributed by atoms with Crippen molar-refractivity contribution >= 4 is 10.9 Å². The van der Waals surface area contributed by atoms with E-state index in [0.29, 0.717) is 0 Å². The number of pyridine rings is 1. The summed E-state index contributed by atoms with van der Waals surface area (Å²) in [6.45, 7) is 8.72. The zero-order valence-electron chi connectivity index (χ0n) is 9.83. The molecule has 15 heavy (non-hydrogen) atoms. The lowest BCUT2D eigenvalue weighted by molar-refractivity contribution is 0.594. The van der Waals surface area contributed by atoms with Crippen LogP contribution in [-0.4, -0.2) is 4.98 Å². The Bertz CT molecular complexity index is 492. The van der Waals surface area contributed by atoms with Gasteiger partial charge < -0.3 is 0 Å². The molecule has 0 saturated heterocycles. The summed E-state index contributed by atoms with van der Waals surface area (Å²) in [6, 6.07) is 10.6. The third-order valence-corrected chi connectivity index (χ3v) is 2.67. The highest BCUT2D eigenvalue weighted by Crippen LogP contribution is 2.28. The van der Waals surface area contributed by atoms with E-state index < -0.39 is 0 Å². The Kier molecular flexibility index (Phi) is 2.26. The van der Waals surface area contributed by atoms with E-state index in [1.165, 1.54) is 10.9 Å². The van der Waals surface area contributed by atoms with Crippen LogP contribution in [0.4, 0.5) is 0 Å². The normalized spacial score (nSPS) is 12.0. The average Bonchev–Trinajstić information content (AvgIpc) is 2.15. The van der Waals surface area contributed by atoms with Crippen LogP contribution in [0.15, 0.2) is 30.3 Å². The van der Waals surface area contributed by atoms with E-state index in [0.717, 1.165) is 11.2 Å². The van der Waals surface area contributed by atoms with Crippen molar-refractivity contribution in [2.24, 2.45) is 0 Å².